The van der Waals surface area contributed by atoms with Crippen LogP contribution in [-0.4, -0.2) is 52.6 Å². The van der Waals surface area contributed by atoms with Crippen LogP contribution in [0, 0.1) is 12.8 Å². The van der Waals surface area contributed by atoms with Crippen molar-refractivity contribution in [3.05, 3.63) is 65.4 Å². The lowest BCUT2D eigenvalue weighted by Crippen LogP contribution is -2.41. The van der Waals surface area contributed by atoms with Gasteiger partial charge in [0.15, 0.2) is 0 Å². The van der Waals surface area contributed by atoms with E-state index in [4.69, 9.17) is 14.5 Å². The largest absolute Gasteiger partial charge is 0.481 e. The van der Waals surface area contributed by atoms with E-state index < -0.39 is 0 Å². The van der Waals surface area contributed by atoms with Gasteiger partial charge in [0.2, 0.25) is 5.88 Å². The molecule has 0 radical (unpaired) electrons. The molecule has 3 aliphatic rings. The molecule has 0 aliphatic carbocycles. The summed E-state index contributed by atoms with van der Waals surface area (Å²) in [6.07, 6.45) is 5.95. The molecule has 0 N–H and O–H groups in total. The van der Waals surface area contributed by atoms with E-state index in [0.717, 1.165) is 60.0 Å². The highest BCUT2D eigenvalue weighted by atomic mass is 16.5. The number of rotatable bonds is 5. The van der Waals surface area contributed by atoms with Gasteiger partial charge in [-0.1, -0.05) is 35.5 Å². The van der Waals surface area contributed by atoms with E-state index in [1.165, 1.54) is 5.56 Å². The Morgan fingerprint density at radius 1 is 1.15 bits per heavy atom. The number of pyridine rings is 1. The number of methoxy groups -OCH3 is 1. The first-order valence-corrected chi connectivity index (χ1v) is 11.8. The topological polar surface area (TPSA) is 77.7 Å². The maximum Gasteiger partial charge on any atom is 0.220 e. The molecule has 1 saturated heterocycles. The van der Waals surface area contributed by atoms with Crippen molar-refractivity contribution in [3.8, 4) is 11.3 Å². The molecule has 1 unspecified atom stereocenters. The minimum absolute atomic E-state index is 0.0217. The fourth-order valence-corrected chi connectivity index (χ4v) is 5.68. The van der Waals surface area contributed by atoms with Crippen molar-refractivity contribution in [2.24, 2.45) is 18.0 Å². The van der Waals surface area contributed by atoms with Crippen molar-refractivity contribution in [2.45, 2.75) is 31.8 Å². The number of aryl methyl sites for hydroxylation is 2. The van der Waals surface area contributed by atoms with Crippen LogP contribution in [0.1, 0.15) is 35.8 Å². The third-order valence-electron chi connectivity index (χ3n) is 7.17. The molecule has 8 nitrogen and oxygen atoms in total. The van der Waals surface area contributed by atoms with Gasteiger partial charge in [0.25, 0.3) is 0 Å². The maximum atomic E-state index is 5.73. The van der Waals surface area contributed by atoms with Gasteiger partial charge >= 0.3 is 0 Å². The summed E-state index contributed by atoms with van der Waals surface area (Å²) in [6.45, 7) is 3.56. The van der Waals surface area contributed by atoms with Crippen LogP contribution >= 0.6 is 0 Å². The maximum absolute atomic E-state index is 5.73. The molecule has 0 saturated carbocycles. The van der Waals surface area contributed by atoms with Gasteiger partial charge in [-0.15, -0.1) is 5.10 Å². The van der Waals surface area contributed by atoms with Gasteiger partial charge in [0.1, 0.15) is 0 Å². The predicted octanol–water partition coefficient (Wildman–Crippen LogP) is 3.94. The van der Waals surface area contributed by atoms with Gasteiger partial charge in [0, 0.05) is 38.2 Å². The third kappa shape index (κ3) is 3.24. The van der Waals surface area contributed by atoms with Crippen molar-refractivity contribution in [1.82, 2.24) is 20.0 Å². The Kier molecular flexibility index (Phi) is 5.17. The minimum atomic E-state index is -0.0217. The lowest BCUT2D eigenvalue weighted by molar-refractivity contribution is 0.0573. The van der Waals surface area contributed by atoms with Crippen LogP contribution in [0.3, 0.4) is 0 Å². The van der Waals surface area contributed by atoms with Crippen LogP contribution in [0.5, 0.6) is 0 Å². The van der Waals surface area contributed by atoms with Crippen molar-refractivity contribution in [2.75, 3.05) is 25.2 Å². The molecular weight excluding hydrogens is 428 g/mol. The van der Waals surface area contributed by atoms with Crippen LogP contribution in [0.15, 0.2) is 53.5 Å². The number of nitrogens with zero attached hydrogens (tertiary/aromatic N) is 6. The molecule has 34 heavy (non-hydrogen) atoms. The SMILES string of the molecule is COC1=C2c3ncc(-c4c(C)nnn4C)cc3N([C@H](c3ccccc3)C3CCOCC3)C2C=N1. The molecule has 6 rings (SSSR count). The first-order valence-electron chi connectivity index (χ1n) is 11.8. The zero-order chi connectivity index (χ0) is 23.2. The summed E-state index contributed by atoms with van der Waals surface area (Å²) >= 11 is 0. The lowest BCUT2D eigenvalue weighted by Gasteiger charge is -2.40. The number of hydrogen-bond donors (Lipinski definition) is 0. The van der Waals surface area contributed by atoms with Gasteiger partial charge in [-0.05, 0) is 37.3 Å². The average Bonchev–Trinajstić information content (AvgIpc) is 3.53. The smallest absolute Gasteiger partial charge is 0.220 e. The summed E-state index contributed by atoms with van der Waals surface area (Å²) in [6, 6.07) is 13.2. The Bertz CT molecular complexity index is 1260. The number of hydrogen-bond acceptors (Lipinski definition) is 7. The summed E-state index contributed by atoms with van der Waals surface area (Å²) in [5, 5.41) is 8.46. The summed E-state index contributed by atoms with van der Waals surface area (Å²) in [5.74, 6) is 1.10. The van der Waals surface area contributed by atoms with Crippen molar-refractivity contribution < 1.29 is 9.47 Å². The first kappa shape index (κ1) is 21.0. The van der Waals surface area contributed by atoms with Gasteiger partial charge in [-0.25, -0.2) is 9.67 Å². The molecule has 0 amide bonds. The Balaban J connectivity index is 1.55. The summed E-state index contributed by atoms with van der Waals surface area (Å²) in [5.41, 5.74) is 7.23. The number of ether oxygens (including phenoxy) is 2. The Hall–Kier alpha value is -3.52. The highest BCUT2D eigenvalue weighted by molar-refractivity contribution is 6.03. The van der Waals surface area contributed by atoms with Crippen molar-refractivity contribution in [1.29, 1.82) is 0 Å². The fraction of sp³-hybridized carbons (Fsp3) is 0.385. The van der Waals surface area contributed by atoms with Crippen LogP contribution in [-0.2, 0) is 16.5 Å². The Labute approximate surface area is 198 Å². The van der Waals surface area contributed by atoms with Crippen LogP contribution in [0.4, 0.5) is 5.69 Å². The second-order valence-corrected chi connectivity index (χ2v) is 9.10. The van der Waals surface area contributed by atoms with E-state index in [1.807, 2.05) is 31.1 Å². The molecule has 8 heteroatoms. The van der Waals surface area contributed by atoms with E-state index in [-0.39, 0.29) is 12.1 Å². The van der Waals surface area contributed by atoms with Gasteiger partial charge in [0.05, 0.1) is 47.5 Å². The second kappa shape index (κ2) is 8.36. The Morgan fingerprint density at radius 3 is 2.65 bits per heavy atom. The standard InChI is InChI=1S/C26H28N6O2/c1-16-24(31(2)30-29-16)19-13-20-23(27-14-19)22-21(15-28-26(22)33-3)32(20)25(17-7-5-4-6-8-17)18-9-11-34-12-10-18/h4-8,13-15,18,21,25H,9-12H2,1-3H3/t21?,25-/m1/s1. The Morgan fingerprint density at radius 2 is 1.94 bits per heavy atom. The molecule has 3 aliphatic heterocycles. The molecule has 2 aromatic heterocycles. The van der Waals surface area contributed by atoms with E-state index in [0.29, 0.717) is 11.8 Å². The minimum Gasteiger partial charge on any atom is -0.481 e. The molecule has 1 fully saturated rings. The molecule has 0 spiro atoms. The first-order chi connectivity index (χ1) is 16.7. The molecular formula is C26H28N6O2. The van der Waals surface area contributed by atoms with Crippen molar-refractivity contribution >= 4 is 17.5 Å². The van der Waals surface area contributed by atoms with Gasteiger partial charge in [-0.3, -0.25) is 4.98 Å². The number of benzene rings is 1. The monoisotopic (exact) mass is 456 g/mol. The van der Waals surface area contributed by atoms with E-state index >= 15 is 0 Å². The molecule has 3 aromatic rings. The zero-order valence-electron chi connectivity index (χ0n) is 19.7. The van der Waals surface area contributed by atoms with Crippen LogP contribution in [0.2, 0.25) is 0 Å². The summed E-state index contributed by atoms with van der Waals surface area (Å²) in [4.78, 5) is 12.1. The second-order valence-electron chi connectivity index (χ2n) is 9.10. The molecule has 1 aromatic carbocycles. The van der Waals surface area contributed by atoms with Crippen LogP contribution in [0.25, 0.3) is 16.8 Å². The molecule has 2 atom stereocenters. The number of aliphatic imine (C=N–C) groups is 1. The lowest BCUT2D eigenvalue weighted by atomic mass is 9.85. The normalized spacial score (nSPS) is 20.6. The third-order valence-corrected chi connectivity index (χ3v) is 7.17. The number of fused-ring (bicyclic) bond motifs is 3. The summed E-state index contributed by atoms with van der Waals surface area (Å²) in [7, 11) is 3.60. The predicted molar refractivity (Wildman–Crippen MR) is 130 cm³/mol. The molecule has 174 valence electrons. The van der Waals surface area contributed by atoms with Gasteiger partial charge < -0.3 is 14.4 Å². The number of anilines is 1. The fourth-order valence-electron chi connectivity index (χ4n) is 5.68. The van der Waals surface area contributed by atoms with E-state index in [2.05, 4.69) is 56.6 Å². The summed E-state index contributed by atoms with van der Waals surface area (Å²) < 4.78 is 13.2. The molecule has 5 heterocycles. The van der Waals surface area contributed by atoms with Crippen molar-refractivity contribution in [3.63, 3.8) is 0 Å². The average molecular weight is 457 g/mol. The highest BCUT2D eigenvalue weighted by Gasteiger charge is 2.45. The zero-order valence-corrected chi connectivity index (χ0v) is 19.7. The highest BCUT2D eigenvalue weighted by Crippen LogP contribution is 2.50. The van der Waals surface area contributed by atoms with E-state index in [9.17, 15) is 0 Å². The van der Waals surface area contributed by atoms with E-state index in [1.54, 1.807) is 7.11 Å². The van der Waals surface area contributed by atoms with Gasteiger partial charge in [-0.2, -0.15) is 0 Å². The van der Waals surface area contributed by atoms with Crippen LogP contribution < -0.4 is 4.90 Å². The number of aromatic nitrogens is 4. The quantitative estimate of drug-likeness (QED) is 0.579. The molecule has 0 bridgehead atoms.